The number of benzene rings is 2. The molecule has 9 heteroatoms. The molecule has 0 radical (unpaired) electrons. The molecular formula is C24H24Cl2N4O3. The quantitative estimate of drug-likeness (QED) is 0.672. The second-order valence-corrected chi connectivity index (χ2v) is 9.51. The smallest absolute Gasteiger partial charge is 0.255 e. The van der Waals surface area contributed by atoms with E-state index in [1.165, 1.54) is 0 Å². The van der Waals surface area contributed by atoms with Gasteiger partial charge in [-0.2, -0.15) is 0 Å². The lowest BCUT2D eigenvalue weighted by atomic mass is 10.0. The summed E-state index contributed by atoms with van der Waals surface area (Å²) < 4.78 is 0. The van der Waals surface area contributed by atoms with Gasteiger partial charge in [0, 0.05) is 51.3 Å². The molecule has 2 aromatic rings. The van der Waals surface area contributed by atoms with Gasteiger partial charge in [-0.1, -0.05) is 41.4 Å². The molecule has 2 fully saturated rings. The van der Waals surface area contributed by atoms with Gasteiger partial charge in [0.2, 0.25) is 11.8 Å². The standard InChI is InChI=1S/C24H24Cl2N4O3/c25-18-2-1-3-19(22(18)26)29-10-8-28(9-11-29)13-15-4-5-17-16(12-15)14-30(24(17)33)20-6-7-21(31)27-23(20)32/h1-5,12,20H,6-11,13-14H2,(H,27,31,32). The molecule has 1 unspecified atom stereocenters. The molecule has 172 valence electrons. The Labute approximate surface area is 202 Å². The van der Waals surface area contributed by atoms with E-state index < -0.39 is 6.04 Å². The Bertz CT molecular complexity index is 1130. The summed E-state index contributed by atoms with van der Waals surface area (Å²) in [7, 11) is 0. The largest absolute Gasteiger partial charge is 0.368 e. The second-order valence-electron chi connectivity index (χ2n) is 8.73. The van der Waals surface area contributed by atoms with Gasteiger partial charge in [0.05, 0.1) is 15.7 Å². The highest BCUT2D eigenvalue weighted by Gasteiger charge is 2.39. The van der Waals surface area contributed by atoms with Gasteiger partial charge in [-0.25, -0.2) is 0 Å². The summed E-state index contributed by atoms with van der Waals surface area (Å²) in [6.07, 6.45) is 0.631. The Morgan fingerprint density at radius 3 is 2.55 bits per heavy atom. The number of piperazine rings is 1. The van der Waals surface area contributed by atoms with E-state index in [2.05, 4.69) is 21.2 Å². The van der Waals surface area contributed by atoms with Crippen LogP contribution in [0.5, 0.6) is 0 Å². The summed E-state index contributed by atoms with van der Waals surface area (Å²) in [5.41, 5.74) is 3.68. The van der Waals surface area contributed by atoms with Gasteiger partial charge >= 0.3 is 0 Å². The fourth-order valence-electron chi connectivity index (χ4n) is 4.87. The summed E-state index contributed by atoms with van der Waals surface area (Å²) in [5.74, 6) is -0.802. The fourth-order valence-corrected chi connectivity index (χ4v) is 5.28. The molecule has 33 heavy (non-hydrogen) atoms. The van der Waals surface area contributed by atoms with Crippen LogP contribution < -0.4 is 10.2 Å². The van der Waals surface area contributed by atoms with Crippen molar-refractivity contribution in [2.45, 2.75) is 32.0 Å². The predicted octanol–water partition coefficient (Wildman–Crippen LogP) is 3.08. The Kier molecular flexibility index (Phi) is 6.03. The number of carbonyl (C=O) groups excluding carboxylic acids is 3. The number of rotatable bonds is 4. The molecule has 0 aromatic heterocycles. The van der Waals surface area contributed by atoms with E-state index in [4.69, 9.17) is 23.2 Å². The average Bonchev–Trinajstić information content (AvgIpc) is 3.12. The van der Waals surface area contributed by atoms with Crippen molar-refractivity contribution in [3.05, 3.63) is 63.1 Å². The van der Waals surface area contributed by atoms with Crippen molar-refractivity contribution in [3.8, 4) is 0 Å². The lowest BCUT2D eigenvalue weighted by Gasteiger charge is -2.36. The molecule has 1 N–H and O–H groups in total. The Morgan fingerprint density at radius 1 is 1.00 bits per heavy atom. The van der Waals surface area contributed by atoms with Crippen molar-refractivity contribution in [3.63, 3.8) is 0 Å². The summed E-state index contributed by atoms with van der Waals surface area (Å²) in [6, 6.07) is 11.0. The minimum atomic E-state index is -0.586. The first-order chi connectivity index (χ1) is 15.9. The number of hydrogen-bond acceptors (Lipinski definition) is 5. The molecule has 1 atom stereocenters. The van der Waals surface area contributed by atoms with Crippen LogP contribution in [-0.4, -0.2) is 59.7 Å². The molecule has 0 saturated carbocycles. The number of anilines is 1. The van der Waals surface area contributed by atoms with Crippen LogP contribution in [0.4, 0.5) is 5.69 Å². The number of hydrogen-bond donors (Lipinski definition) is 1. The maximum absolute atomic E-state index is 12.9. The van der Waals surface area contributed by atoms with Crippen molar-refractivity contribution in [1.29, 1.82) is 0 Å². The zero-order chi connectivity index (χ0) is 23.1. The average molecular weight is 487 g/mol. The third-order valence-electron chi connectivity index (χ3n) is 6.64. The van der Waals surface area contributed by atoms with Crippen LogP contribution in [0, 0.1) is 0 Å². The van der Waals surface area contributed by atoms with Gasteiger partial charge in [-0.05, 0) is 35.7 Å². The van der Waals surface area contributed by atoms with Crippen LogP contribution in [0.3, 0.4) is 0 Å². The Morgan fingerprint density at radius 2 is 1.79 bits per heavy atom. The number of fused-ring (bicyclic) bond motifs is 1. The molecule has 3 amide bonds. The Balaban J connectivity index is 1.22. The van der Waals surface area contributed by atoms with Gasteiger partial charge in [-0.15, -0.1) is 0 Å². The van der Waals surface area contributed by atoms with Gasteiger partial charge in [0.15, 0.2) is 0 Å². The van der Waals surface area contributed by atoms with Crippen LogP contribution in [-0.2, 0) is 22.7 Å². The third-order valence-corrected chi connectivity index (χ3v) is 7.45. The minimum absolute atomic E-state index is 0.141. The lowest BCUT2D eigenvalue weighted by Crippen LogP contribution is -2.52. The van der Waals surface area contributed by atoms with Gasteiger partial charge in [-0.3, -0.25) is 24.6 Å². The van der Waals surface area contributed by atoms with Crippen LogP contribution in [0.25, 0.3) is 0 Å². The number of nitrogens with one attached hydrogen (secondary N) is 1. The number of carbonyl (C=O) groups is 3. The topological polar surface area (TPSA) is 73.0 Å². The van der Waals surface area contributed by atoms with Crippen molar-refractivity contribution in [2.24, 2.45) is 0 Å². The first kappa shape index (κ1) is 22.2. The molecule has 0 spiro atoms. The van der Waals surface area contributed by atoms with Crippen LogP contribution in [0.15, 0.2) is 36.4 Å². The van der Waals surface area contributed by atoms with Gasteiger partial charge < -0.3 is 9.80 Å². The fraction of sp³-hybridized carbons (Fsp3) is 0.375. The summed E-state index contributed by atoms with van der Waals surface area (Å²) >= 11 is 12.5. The SMILES string of the molecule is O=C1CCC(N2Cc3cc(CN4CCN(c5cccc(Cl)c5Cl)CC4)ccc3C2=O)C(=O)N1. The number of amides is 3. The van der Waals surface area contributed by atoms with Gasteiger partial charge in [0.25, 0.3) is 5.91 Å². The summed E-state index contributed by atoms with van der Waals surface area (Å²) in [6.45, 7) is 4.68. The Hall–Kier alpha value is -2.61. The molecule has 0 aliphatic carbocycles. The number of nitrogens with zero attached hydrogens (tertiary/aromatic N) is 3. The predicted molar refractivity (Wildman–Crippen MR) is 126 cm³/mol. The lowest BCUT2D eigenvalue weighted by molar-refractivity contribution is -0.136. The maximum Gasteiger partial charge on any atom is 0.255 e. The maximum atomic E-state index is 12.9. The van der Waals surface area contributed by atoms with E-state index in [1.54, 1.807) is 11.0 Å². The highest BCUT2D eigenvalue weighted by Crippen LogP contribution is 2.33. The molecular weight excluding hydrogens is 463 g/mol. The third kappa shape index (κ3) is 4.33. The van der Waals surface area contributed by atoms with Crippen LogP contribution >= 0.6 is 23.2 Å². The normalized spacial score (nSPS) is 21.4. The first-order valence-corrected chi connectivity index (χ1v) is 11.8. The molecule has 3 heterocycles. The summed E-state index contributed by atoms with van der Waals surface area (Å²) in [4.78, 5) is 42.8. The molecule has 7 nitrogen and oxygen atoms in total. The van der Waals surface area contributed by atoms with Crippen molar-refractivity contribution < 1.29 is 14.4 Å². The summed E-state index contributed by atoms with van der Waals surface area (Å²) in [5, 5.41) is 3.50. The second kappa shape index (κ2) is 8.97. The molecule has 5 rings (SSSR count). The molecule has 2 aromatic carbocycles. The van der Waals surface area contributed by atoms with E-state index >= 15 is 0 Å². The van der Waals surface area contributed by atoms with Crippen molar-refractivity contribution >= 4 is 46.6 Å². The van der Waals surface area contributed by atoms with E-state index in [0.29, 0.717) is 28.6 Å². The van der Waals surface area contributed by atoms with E-state index in [1.807, 2.05) is 24.3 Å². The molecule has 3 aliphatic heterocycles. The number of halogens is 2. The van der Waals surface area contributed by atoms with Crippen molar-refractivity contribution in [1.82, 2.24) is 15.1 Å². The van der Waals surface area contributed by atoms with E-state index in [9.17, 15) is 14.4 Å². The van der Waals surface area contributed by atoms with Gasteiger partial charge in [0.1, 0.15) is 6.04 Å². The number of imide groups is 1. The van der Waals surface area contributed by atoms with Crippen LogP contribution in [0.2, 0.25) is 10.0 Å². The molecule has 0 bridgehead atoms. The zero-order valence-corrected chi connectivity index (χ0v) is 19.5. The highest BCUT2D eigenvalue weighted by molar-refractivity contribution is 6.43. The number of piperidine rings is 1. The highest BCUT2D eigenvalue weighted by atomic mass is 35.5. The molecule has 3 aliphatic rings. The zero-order valence-electron chi connectivity index (χ0n) is 18.0. The molecule has 2 saturated heterocycles. The van der Waals surface area contributed by atoms with Crippen LogP contribution in [0.1, 0.15) is 34.3 Å². The monoisotopic (exact) mass is 486 g/mol. The van der Waals surface area contributed by atoms with Crippen molar-refractivity contribution in [2.75, 3.05) is 31.1 Å². The van der Waals surface area contributed by atoms with E-state index in [-0.39, 0.29) is 24.1 Å². The van der Waals surface area contributed by atoms with E-state index in [0.717, 1.165) is 49.5 Å². The first-order valence-electron chi connectivity index (χ1n) is 11.1. The minimum Gasteiger partial charge on any atom is -0.368 e.